The number of hydrogen-bond donors (Lipinski definition) is 1. The van der Waals surface area contributed by atoms with Gasteiger partial charge in [0.25, 0.3) is 0 Å². The first kappa shape index (κ1) is 18.3. The number of H-pyrrole nitrogens is 1. The van der Waals surface area contributed by atoms with Crippen LogP contribution in [-0.2, 0) is 16.1 Å². The Labute approximate surface area is 153 Å². The van der Waals surface area contributed by atoms with Crippen molar-refractivity contribution in [3.63, 3.8) is 0 Å². The van der Waals surface area contributed by atoms with Crippen molar-refractivity contribution in [2.24, 2.45) is 0 Å². The molecular formula is C19H18FNO4S. The maximum Gasteiger partial charge on any atom is 0.349 e. The van der Waals surface area contributed by atoms with E-state index in [1.54, 1.807) is 25.1 Å². The summed E-state index contributed by atoms with van der Waals surface area (Å²) in [6.07, 6.45) is 0. The number of ketones is 1. The fraction of sp³-hybridized carbons (Fsp3) is 0.263. The van der Waals surface area contributed by atoms with Crippen molar-refractivity contribution in [1.29, 1.82) is 0 Å². The molecule has 0 aliphatic carbocycles. The summed E-state index contributed by atoms with van der Waals surface area (Å²) >= 11 is 1.13. The van der Waals surface area contributed by atoms with Gasteiger partial charge in [-0.25, -0.2) is 9.18 Å². The van der Waals surface area contributed by atoms with E-state index in [9.17, 15) is 14.0 Å². The number of aromatic nitrogens is 1. The van der Waals surface area contributed by atoms with Crippen LogP contribution in [0.1, 0.15) is 37.0 Å². The van der Waals surface area contributed by atoms with E-state index in [-0.39, 0.29) is 23.9 Å². The monoisotopic (exact) mass is 375 g/mol. The Morgan fingerprint density at radius 1 is 1.27 bits per heavy atom. The number of ether oxygens (including phenoxy) is 2. The molecule has 0 aliphatic heterocycles. The van der Waals surface area contributed by atoms with Crippen LogP contribution in [0.5, 0.6) is 0 Å². The topological polar surface area (TPSA) is 68.4 Å². The summed E-state index contributed by atoms with van der Waals surface area (Å²) in [5.74, 6) is -1.36. The van der Waals surface area contributed by atoms with Crippen LogP contribution in [0, 0.1) is 19.7 Å². The quantitative estimate of drug-likeness (QED) is 0.519. The summed E-state index contributed by atoms with van der Waals surface area (Å²) in [5, 5.41) is 0.356. The molecule has 7 heteroatoms. The van der Waals surface area contributed by atoms with Gasteiger partial charge in [0.15, 0.2) is 6.61 Å². The third kappa shape index (κ3) is 3.40. The van der Waals surface area contributed by atoms with Crippen LogP contribution in [0.3, 0.4) is 0 Å². The summed E-state index contributed by atoms with van der Waals surface area (Å²) in [4.78, 5) is 28.1. The zero-order valence-electron chi connectivity index (χ0n) is 14.6. The van der Waals surface area contributed by atoms with Crippen molar-refractivity contribution < 1.29 is 23.5 Å². The van der Waals surface area contributed by atoms with Gasteiger partial charge < -0.3 is 14.5 Å². The highest BCUT2D eigenvalue weighted by Crippen LogP contribution is 2.34. The maximum atomic E-state index is 14.2. The summed E-state index contributed by atoms with van der Waals surface area (Å²) in [6, 6.07) is 6.37. The van der Waals surface area contributed by atoms with Crippen LogP contribution >= 0.6 is 11.3 Å². The second kappa shape index (κ2) is 7.39. The summed E-state index contributed by atoms with van der Waals surface area (Å²) in [6.45, 7) is 3.33. The van der Waals surface area contributed by atoms with Gasteiger partial charge in [-0.05, 0) is 32.0 Å². The largest absolute Gasteiger partial charge is 0.453 e. The lowest BCUT2D eigenvalue weighted by Gasteiger charge is -2.05. The molecule has 136 valence electrons. The highest BCUT2D eigenvalue weighted by atomic mass is 32.1. The number of aryl methyl sites for hydroxylation is 2. The molecule has 2 aromatic heterocycles. The molecule has 5 nitrogen and oxygen atoms in total. The lowest BCUT2D eigenvalue weighted by atomic mass is 10.1. The number of nitrogens with one attached hydrogen (secondary N) is 1. The van der Waals surface area contributed by atoms with Crippen LogP contribution in [-0.4, -0.2) is 30.5 Å². The number of carbonyl (C=O) groups is 2. The van der Waals surface area contributed by atoms with Gasteiger partial charge in [-0.3, -0.25) is 4.79 Å². The number of fused-ring (bicyclic) bond motifs is 1. The highest BCUT2D eigenvalue weighted by molar-refractivity contribution is 7.21. The van der Waals surface area contributed by atoms with Crippen molar-refractivity contribution in [2.75, 3.05) is 13.7 Å². The van der Waals surface area contributed by atoms with Gasteiger partial charge in [0.1, 0.15) is 10.7 Å². The molecule has 0 spiro atoms. The van der Waals surface area contributed by atoms with Gasteiger partial charge >= 0.3 is 5.97 Å². The Morgan fingerprint density at radius 2 is 2.04 bits per heavy atom. The van der Waals surface area contributed by atoms with E-state index in [1.807, 2.05) is 6.92 Å². The van der Waals surface area contributed by atoms with Crippen LogP contribution < -0.4 is 0 Å². The minimum absolute atomic E-state index is 0.0788. The molecule has 3 aromatic rings. The first-order valence-electron chi connectivity index (χ1n) is 7.97. The SMILES string of the molecule is COCc1c(C(=O)OCC(=O)c2cc(C)[nH]c2C)sc2cccc(F)c12. The molecule has 0 amide bonds. The second-order valence-corrected chi connectivity index (χ2v) is 7.00. The zero-order chi connectivity index (χ0) is 18.8. The number of benzene rings is 1. The molecule has 0 atom stereocenters. The number of aromatic amines is 1. The number of carbonyl (C=O) groups excluding carboxylic acids is 2. The van der Waals surface area contributed by atoms with E-state index in [4.69, 9.17) is 9.47 Å². The van der Waals surface area contributed by atoms with Crippen LogP contribution in [0.2, 0.25) is 0 Å². The van der Waals surface area contributed by atoms with E-state index in [1.165, 1.54) is 13.2 Å². The van der Waals surface area contributed by atoms with E-state index >= 15 is 0 Å². The standard InChI is InChI=1S/C19H18FNO4S/c1-10-7-12(11(2)21-10)15(22)9-25-19(23)18-13(8-24-3)17-14(20)5-4-6-16(17)26-18/h4-7,21H,8-9H2,1-3H3. The van der Waals surface area contributed by atoms with Gasteiger partial charge in [-0.15, -0.1) is 11.3 Å². The first-order chi connectivity index (χ1) is 12.4. The molecule has 0 aliphatic rings. The Bertz CT molecular complexity index is 989. The molecule has 0 bridgehead atoms. The lowest BCUT2D eigenvalue weighted by molar-refractivity contribution is 0.0476. The maximum absolute atomic E-state index is 14.2. The summed E-state index contributed by atoms with van der Waals surface area (Å²) in [7, 11) is 1.47. The second-order valence-electron chi connectivity index (χ2n) is 5.95. The van der Waals surface area contributed by atoms with Crippen molar-refractivity contribution in [1.82, 2.24) is 4.98 Å². The molecule has 0 unspecified atom stereocenters. The number of halogens is 1. The Kier molecular flexibility index (Phi) is 5.20. The Balaban J connectivity index is 1.83. The van der Waals surface area contributed by atoms with Gasteiger partial charge in [-0.1, -0.05) is 6.07 Å². The molecule has 0 saturated heterocycles. The Morgan fingerprint density at radius 3 is 2.69 bits per heavy atom. The normalized spacial score (nSPS) is 11.1. The third-order valence-electron chi connectivity index (χ3n) is 4.02. The van der Waals surface area contributed by atoms with E-state index < -0.39 is 11.8 Å². The van der Waals surface area contributed by atoms with E-state index in [2.05, 4.69) is 4.98 Å². The average molecular weight is 375 g/mol. The summed E-state index contributed by atoms with van der Waals surface area (Å²) in [5.41, 5.74) is 2.53. The number of Topliss-reactive ketones (excluding diaryl/α,β-unsaturated/α-hetero) is 1. The molecule has 0 fully saturated rings. The predicted octanol–water partition coefficient (Wildman–Crippen LogP) is 4.17. The van der Waals surface area contributed by atoms with Gasteiger partial charge in [0, 0.05) is 39.7 Å². The molecule has 3 rings (SSSR count). The average Bonchev–Trinajstić information content (AvgIpc) is 3.13. The molecule has 0 radical (unpaired) electrons. The van der Waals surface area contributed by atoms with Crippen molar-refractivity contribution in [2.45, 2.75) is 20.5 Å². The van der Waals surface area contributed by atoms with Crippen LogP contribution in [0.15, 0.2) is 24.3 Å². The first-order valence-corrected chi connectivity index (χ1v) is 8.79. The van der Waals surface area contributed by atoms with Gasteiger partial charge in [-0.2, -0.15) is 0 Å². The van der Waals surface area contributed by atoms with Crippen molar-refractivity contribution >= 4 is 33.2 Å². The summed E-state index contributed by atoms with van der Waals surface area (Å²) < 4.78 is 25.1. The number of thiophene rings is 1. The number of methoxy groups -OCH3 is 1. The lowest BCUT2D eigenvalue weighted by Crippen LogP contribution is -2.15. The van der Waals surface area contributed by atoms with Gasteiger partial charge in [0.05, 0.1) is 6.61 Å². The fourth-order valence-electron chi connectivity index (χ4n) is 2.90. The van der Waals surface area contributed by atoms with E-state index in [0.717, 1.165) is 22.7 Å². The van der Waals surface area contributed by atoms with E-state index in [0.29, 0.717) is 21.2 Å². The molecule has 1 N–H and O–H groups in total. The fourth-order valence-corrected chi connectivity index (χ4v) is 4.02. The minimum Gasteiger partial charge on any atom is -0.453 e. The van der Waals surface area contributed by atoms with Crippen LogP contribution in [0.25, 0.3) is 10.1 Å². The predicted molar refractivity (Wildman–Crippen MR) is 97.4 cm³/mol. The molecule has 26 heavy (non-hydrogen) atoms. The molecular weight excluding hydrogens is 357 g/mol. The number of esters is 1. The molecule has 0 saturated carbocycles. The smallest absolute Gasteiger partial charge is 0.349 e. The number of rotatable bonds is 6. The Hall–Kier alpha value is -2.51. The number of hydrogen-bond acceptors (Lipinski definition) is 5. The van der Waals surface area contributed by atoms with Gasteiger partial charge in [0.2, 0.25) is 5.78 Å². The third-order valence-corrected chi connectivity index (χ3v) is 5.20. The minimum atomic E-state index is -0.657. The van der Waals surface area contributed by atoms with Crippen LogP contribution in [0.4, 0.5) is 4.39 Å². The highest BCUT2D eigenvalue weighted by Gasteiger charge is 2.23. The zero-order valence-corrected chi connectivity index (χ0v) is 15.5. The molecule has 1 aromatic carbocycles. The van der Waals surface area contributed by atoms with Crippen molar-refractivity contribution in [3.05, 3.63) is 57.5 Å². The van der Waals surface area contributed by atoms with Crippen molar-refractivity contribution in [3.8, 4) is 0 Å². The molecule has 2 heterocycles.